The van der Waals surface area contributed by atoms with Crippen LogP contribution in [0, 0.1) is 0 Å². The number of nitrogens with zero attached hydrogens (tertiary/aromatic N) is 1. The average Bonchev–Trinajstić information content (AvgIpc) is 2.95. The van der Waals surface area contributed by atoms with Gasteiger partial charge in [-0.3, -0.25) is 4.79 Å². The quantitative estimate of drug-likeness (QED) is 0.923. The molecule has 0 spiro atoms. The molecule has 1 atom stereocenters. The summed E-state index contributed by atoms with van der Waals surface area (Å²) in [5.41, 5.74) is -2.49. The van der Waals surface area contributed by atoms with Gasteiger partial charge in [-0.2, -0.15) is 8.78 Å². The smallest absolute Gasteiger partial charge is 0.387 e. The Hall–Kier alpha value is -1.77. The van der Waals surface area contributed by atoms with Crippen LogP contribution in [0.3, 0.4) is 0 Å². The predicted molar refractivity (Wildman–Crippen MR) is 62.9 cm³/mol. The first-order valence-electron chi connectivity index (χ1n) is 5.57. The van der Waals surface area contributed by atoms with E-state index in [1.807, 2.05) is 0 Å². The van der Waals surface area contributed by atoms with Crippen LogP contribution in [0.4, 0.5) is 13.2 Å². The maximum absolute atomic E-state index is 13.9. The summed E-state index contributed by atoms with van der Waals surface area (Å²) >= 11 is 0.876. The van der Waals surface area contributed by atoms with E-state index in [9.17, 15) is 22.8 Å². The minimum absolute atomic E-state index is 0.0896. The number of hydrogen-bond acceptors (Lipinski definition) is 4. The molecule has 1 unspecified atom stereocenters. The Labute approximate surface area is 115 Å². The summed E-state index contributed by atoms with van der Waals surface area (Å²) in [5.74, 6) is -2.64. The average molecular weight is 309 g/mol. The summed E-state index contributed by atoms with van der Waals surface area (Å²) in [6.45, 7) is -3.77. The first-order chi connectivity index (χ1) is 9.33. The minimum atomic E-state index is -3.07. The molecule has 1 amide bonds. The number of likely N-dealkylation sites (tertiary alicyclic amines) is 1. The van der Waals surface area contributed by atoms with Crippen molar-refractivity contribution in [3.05, 3.63) is 16.3 Å². The number of carbonyl (C=O) groups is 2. The number of carbonyl (C=O) groups excluding carboxylic acids is 1. The van der Waals surface area contributed by atoms with Crippen LogP contribution in [0.1, 0.15) is 16.1 Å². The number of rotatable bonds is 4. The molecule has 1 fully saturated rings. The van der Waals surface area contributed by atoms with Crippen molar-refractivity contribution in [3.63, 3.8) is 0 Å². The zero-order chi connectivity index (χ0) is 14.9. The zero-order valence-electron chi connectivity index (χ0n) is 10.0. The number of carboxylic acids is 1. The molecule has 2 rings (SSSR count). The summed E-state index contributed by atoms with van der Waals surface area (Å²) in [7, 11) is 0. The van der Waals surface area contributed by atoms with Crippen LogP contribution in [-0.2, 0) is 4.79 Å². The molecule has 0 aromatic carbocycles. The van der Waals surface area contributed by atoms with Crippen LogP contribution in [0.2, 0.25) is 0 Å². The van der Waals surface area contributed by atoms with E-state index in [1.165, 1.54) is 11.4 Å². The highest BCUT2D eigenvalue weighted by atomic mass is 32.1. The Morgan fingerprint density at radius 1 is 1.50 bits per heavy atom. The number of ether oxygens (including phenoxy) is 1. The van der Waals surface area contributed by atoms with Crippen LogP contribution in [0.15, 0.2) is 11.4 Å². The lowest BCUT2D eigenvalue weighted by Crippen LogP contribution is -2.38. The van der Waals surface area contributed by atoms with Crippen molar-refractivity contribution in [2.24, 2.45) is 0 Å². The molecule has 1 aliphatic rings. The van der Waals surface area contributed by atoms with E-state index < -0.39 is 30.7 Å². The molecule has 1 aromatic heterocycles. The number of halogens is 3. The van der Waals surface area contributed by atoms with Crippen LogP contribution in [0.25, 0.3) is 0 Å². The summed E-state index contributed by atoms with van der Waals surface area (Å²) in [4.78, 5) is 23.7. The standard InChI is InChI=1S/C11H10F3NO4S/c12-10(13)19-6-1-4-20-7(6)8(16)15-3-2-11(14,5-15)9(17)18/h1,4,10H,2-3,5H2,(H,17,18). The van der Waals surface area contributed by atoms with Crippen LogP contribution >= 0.6 is 11.3 Å². The van der Waals surface area contributed by atoms with Gasteiger partial charge in [0.2, 0.25) is 5.67 Å². The number of carboxylic acid groups (broad SMARTS) is 1. The Morgan fingerprint density at radius 2 is 2.20 bits per heavy atom. The maximum Gasteiger partial charge on any atom is 0.387 e. The topological polar surface area (TPSA) is 66.8 Å². The van der Waals surface area contributed by atoms with Gasteiger partial charge in [0.25, 0.3) is 5.91 Å². The predicted octanol–water partition coefficient (Wildman–Crippen LogP) is 1.99. The molecule has 20 heavy (non-hydrogen) atoms. The van der Waals surface area contributed by atoms with E-state index in [2.05, 4.69) is 4.74 Å². The van der Waals surface area contributed by atoms with Gasteiger partial charge in [-0.25, -0.2) is 9.18 Å². The van der Waals surface area contributed by atoms with Crippen LogP contribution in [-0.4, -0.2) is 47.3 Å². The number of hydrogen-bond donors (Lipinski definition) is 1. The fraction of sp³-hybridized carbons (Fsp3) is 0.455. The number of amides is 1. The highest BCUT2D eigenvalue weighted by Crippen LogP contribution is 2.32. The van der Waals surface area contributed by atoms with Gasteiger partial charge in [0.15, 0.2) is 0 Å². The molecule has 0 saturated carbocycles. The van der Waals surface area contributed by atoms with E-state index in [1.54, 1.807) is 0 Å². The monoisotopic (exact) mass is 309 g/mol. The van der Waals surface area contributed by atoms with Gasteiger partial charge in [0.1, 0.15) is 10.6 Å². The third-order valence-electron chi connectivity index (χ3n) is 2.93. The molecular weight excluding hydrogens is 299 g/mol. The summed E-state index contributed by atoms with van der Waals surface area (Å²) in [5, 5.41) is 10.1. The van der Waals surface area contributed by atoms with Gasteiger partial charge in [-0.05, 0) is 11.4 Å². The largest absolute Gasteiger partial charge is 0.479 e. The van der Waals surface area contributed by atoms with E-state index in [-0.39, 0.29) is 23.6 Å². The molecule has 1 aliphatic heterocycles. The molecule has 0 bridgehead atoms. The first-order valence-corrected chi connectivity index (χ1v) is 6.45. The van der Waals surface area contributed by atoms with Crippen LogP contribution in [0.5, 0.6) is 5.75 Å². The third-order valence-corrected chi connectivity index (χ3v) is 3.81. The molecule has 1 saturated heterocycles. The van der Waals surface area contributed by atoms with Gasteiger partial charge in [0.05, 0.1) is 6.54 Å². The molecule has 2 heterocycles. The number of aliphatic carboxylic acids is 1. The molecule has 1 aromatic rings. The van der Waals surface area contributed by atoms with Crippen molar-refractivity contribution in [2.45, 2.75) is 18.7 Å². The Balaban J connectivity index is 2.14. The van der Waals surface area contributed by atoms with Crippen LogP contribution < -0.4 is 4.74 Å². The summed E-state index contributed by atoms with van der Waals surface area (Å²) < 4.78 is 42.4. The van der Waals surface area contributed by atoms with Crippen molar-refractivity contribution in [1.29, 1.82) is 0 Å². The Bertz CT molecular complexity index is 535. The zero-order valence-corrected chi connectivity index (χ0v) is 10.8. The summed E-state index contributed by atoms with van der Waals surface area (Å²) in [6.07, 6.45) is -0.329. The summed E-state index contributed by atoms with van der Waals surface area (Å²) in [6, 6.07) is 1.21. The second-order valence-corrected chi connectivity index (χ2v) is 5.16. The van der Waals surface area contributed by atoms with Crippen molar-refractivity contribution >= 4 is 23.2 Å². The first kappa shape index (κ1) is 14.6. The molecule has 5 nitrogen and oxygen atoms in total. The van der Waals surface area contributed by atoms with E-state index in [0.717, 1.165) is 16.2 Å². The highest BCUT2D eigenvalue weighted by Gasteiger charge is 2.47. The normalized spacial score (nSPS) is 22.3. The van der Waals surface area contributed by atoms with Crippen molar-refractivity contribution in [3.8, 4) is 5.75 Å². The van der Waals surface area contributed by atoms with E-state index in [0.29, 0.717) is 0 Å². The second kappa shape index (κ2) is 5.31. The molecule has 1 N–H and O–H groups in total. The lowest BCUT2D eigenvalue weighted by molar-refractivity contribution is -0.149. The van der Waals surface area contributed by atoms with Gasteiger partial charge in [-0.1, -0.05) is 0 Å². The molecular formula is C11H10F3NO4S. The fourth-order valence-electron chi connectivity index (χ4n) is 1.91. The SMILES string of the molecule is O=C(c1sccc1OC(F)F)N1CCC(F)(C(=O)O)C1. The third kappa shape index (κ3) is 2.72. The minimum Gasteiger partial charge on any atom is -0.479 e. The Morgan fingerprint density at radius 3 is 2.75 bits per heavy atom. The molecule has 110 valence electrons. The van der Waals surface area contributed by atoms with Crippen molar-refractivity contribution in [1.82, 2.24) is 4.90 Å². The lowest BCUT2D eigenvalue weighted by atomic mass is 10.1. The van der Waals surface area contributed by atoms with Gasteiger partial charge < -0.3 is 14.7 Å². The fourth-order valence-corrected chi connectivity index (χ4v) is 2.70. The van der Waals surface area contributed by atoms with Gasteiger partial charge >= 0.3 is 12.6 Å². The Kier molecular flexibility index (Phi) is 3.89. The molecule has 0 aliphatic carbocycles. The molecule has 9 heteroatoms. The van der Waals surface area contributed by atoms with E-state index >= 15 is 0 Å². The van der Waals surface area contributed by atoms with Crippen molar-refractivity contribution in [2.75, 3.05) is 13.1 Å². The van der Waals surface area contributed by atoms with Crippen molar-refractivity contribution < 1.29 is 32.6 Å². The second-order valence-electron chi connectivity index (χ2n) is 4.24. The van der Waals surface area contributed by atoms with Gasteiger partial charge in [0, 0.05) is 13.0 Å². The number of thiophene rings is 1. The van der Waals surface area contributed by atoms with E-state index in [4.69, 9.17) is 5.11 Å². The number of alkyl halides is 3. The lowest BCUT2D eigenvalue weighted by Gasteiger charge is -2.17. The van der Waals surface area contributed by atoms with Gasteiger partial charge in [-0.15, -0.1) is 11.3 Å². The molecule has 0 radical (unpaired) electrons. The highest BCUT2D eigenvalue weighted by molar-refractivity contribution is 7.12. The maximum atomic E-state index is 13.9.